The molecule has 1 heterocycles. The number of aryl methyl sites for hydroxylation is 2. The van der Waals surface area contributed by atoms with E-state index in [1.807, 2.05) is 12.1 Å². The van der Waals surface area contributed by atoms with Crippen LogP contribution >= 0.6 is 11.3 Å². The molecule has 0 aliphatic carbocycles. The number of nitro groups is 1. The van der Waals surface area contributed by atoms with E-state index < -0.39 is 10.9 Å². The third-order valence-corrected chi connectivity index (χ3v) is 4.74. The second kappa shape index (κ2) is 6.93. The number of non-ortho nitro benzene ring substituents is 1. The molecule has 0 spiro atoms. The number of benzene rings is 2. The molecule has 0 fully saturated rings. The number of carbonyl (C=O) groups is 1. The van der Waals surface area contributed by atoms with E-state index in [1.54, 1.807) is 20.0 Å². The second-order valence-electron chi connectivity index (χ2n) is 5.63. The molecule has 0 aliphatic rings. The second-order valence-corrected chi connectivity index (χ2v) is 6.66. The fourth-order valence-corrected chi connectivity index (χ4v) is 3.17. The van der Waals surface area contributed by atoms with Crippen LogP contribution in [0.2, 0.25) is 0 Å². The zero-order chi connectivity index (χ0) is 18.8. The van der Waals surface area contributed by atoms with Gasteiger partial charge in [0.25, 0.3) is 5.69 Å². The number of carbonyl (C=O) groups excluding carboxylic acids is 1. The summed E-state index contributed by atoms with van der Waals surface area (Å²) >= 11 is 1.17. The summed E-state index contributed by atoms with van der Waals surface area (Å²) in [6, 6.07) is 8.88. The number of phenolic OH excluding ortho intramolecular Hbond substituents is 1. The number of hydrogen-bond acceptors (Lipinski definition) is 7. The molecule has 1 N–H and O–H groups in total. The molecule has 2 aromatic carbocycles. The molecule has 8 heteroatoms. The minimum absolute atomic E-state index is 0.0839. The Bertz CT molecular complexity index is 972. The highest BCUT2D eigenvalue weighted by molar-refractivity contribution is 7.16. The zero-order valence-electron chi connectivity index (χ0n) is 13.9. The fraction of sp³-hybridized carbons (Fsp3) is 0.111. The van der Waals surface area contributed by atoms with Gasteiger partial charge in [-0.15, -0.1) is 11.3 Å². The largest absolute Gasteiger partial charge is 0.507 e. The maximum atomic E-state index is 12.2. The van der Waals surface area contributed by atoms with Crippen LogP contribution in [0.5, 0.6) is 11.5 Å². The molecule has 0 unspecified atom stereocenters. The van der Waals surface area contributed by atoms with Gasteiger partial charge in [0.1, 0.15) is 11.5 Å². The number of esters is 1. The highest BCUT2D eigenvalue weighted by Gasteiger charge is 2.16. The first-order valence-electron chi connectivity index (χ1n) is 7.58. The molecule has 0 atom stereocenters. The number of nitrogens with zero attached hydrogens (tertiary/aromatic N) is 2. The van der Waals surface area contributed by atoms with Crippen LogP contribution in [0.3, 0.4) is 0 Å². The molecule has 0 saturated heterocycles. The summed E-state index contributed by atoms with van der Waals surface area (Å²) in [5, 5.41) is 20.7. The Kier molecular flexibility index (Phi) is 4.68. The smallest absolute Gasteiger partial charge is 0.372 e. The molecule has 0 saturated carbocycles. The van der Waals surface area contributed by atoms with Crippen molar-refractivity contribution >= 4 is 23.0 Å². The summed E-state index contributed by atoms with van der Waals surface area (Å²) in [6.07, 6.45) is 1.57. The van der Waals surface area contributed by atoms with E-state index >= 15 is 0 Å². The fourth-order valence-electron chi connectivity index (χ4n) is 2.39. The van der Waals surface area contributed by atoms with Crippen molar-refractivity contribution in [1.29, 1.82) is 0 Å². The van der Waals surface area contributed by atoms with Crippen LogP contribution in [0.25, 0.3) is 10.4 Å². The van der Waals surface area contributed by atoms with E-state index in [9.17, 15) is 20.0 Å². The Labute approximate surface area is 152 Å². The standard InChI is InChI=1S/C18H14N2O5S/c1-10-7-12(8-11(2)16(10)21)15-9-19-17(26-15)18(22)25-14-5-3-13(4-6-14)20(23)24/h3-9,21H,1-2H3. The van der Waals surface area contributed by atoms with Gasteiger partial charge in [-0.2, -0.15) is 0 Å². The maximum absolute atomic E-state index is 12.2. The normalized spacial score (nSPS) is 10.5. The third-order valence-electron chi connectivity index (χ3n) is 3.71. The van der Waals surface area contributed by atoms with Crippen LogP contribution < -0.4 is 4.74 Å². The van der Waals surface area contributed by atoms with Crippen LogP contribution in [0, 0.1) is 24.0 Å². The van der Waals surface area contributed by atoms with Crippen molar-refractivity contribution in [3.05, 3.63) is 68.8 Å². The van der Waals surface area contributed by atoms with E-state index in [1.165, 1.54) is 35.6 Å². The van der Waals surface area contributed by atoms with E-state index in [-0.39, 0.29) is 22.2 Å². The lowest BCUT2D eigenvalue weighted by atomic mass is 10.1. The first-order chi connectivity index (χ1) is 12.3. The molecular weight excluding hydrogens is 356 g/mol. The minimum atomic E-state index is -0.637. The Balaban J connectivity index is 1.79. The molecule has 0 bridgehead atoms. The average Bonchev–Trinajstić information content (AvgIpc) is 3.10. The number of phenols is 1. The molecule has 0 radical (unpaired) electrons. The Morgan fingerprint density at radius 2 is 1.81 bits per heavy atom. The third kappa shape index (κ3) is 3.55. The average molecular weight is 370 g/mol. The molecule has 26 heavy (non-hydrogen) atoms. The Hall–Kier alpha value is -3.26. The van der Waals surface area contributed by atoms with Crippen LogP contribution in [0.4, 0.5) is 5.69 Å². The topological polar surface area (TPSA) is 103 Å². The van der Waals surface area contributed by atoms with Crippen molar-refractivity contribution in [2.24, 2.45) is 0 Å². The van der Waals surface area contributed by atoms with Crippen molar-refractivity contribution in [1.82, 2.24) is 4.98 Å². The summed E-state index contributed by atoms with van der Waals surface area (Å²) in [5.41, 5.74) is 2.25. The van der Waals surface area contributed by atoms with Crippen molar-refractivity contribution in [3.8, 4) is 21.9 Å². The first-order valence-corrected chi connectivity index (χ1v) is 8.40. The van der Waals surface area contributed by atoms with Crippen LogP contribution in [0.1, 0.15) is 20.9 Å². The highest BCUT2D eigenvalue weighted by atomic mass is 32.1. The van der Waals surface area contributed by atoms with Crippen molar-refractivity contribution < 1.29 is 19.6 Å². The summed E-state index contributed by atoms with van der Waals surface area (Å²) in [4.78, 5) is 27.2. The predicted octanol–water partition coefficient (Wildman–Crippen LogP) is 4.26. The molecule has 3 rings (SSSR count). The number of nitro benzene ring substituents is 1. The van der Waals surface area contributed by atoms with E-state index in [0.29, 0.717) is 0 Å². The summed E-state index contributed by atoms with van der Waals surface area (Å²) in [5.74, 6) is -0.188. The number of hydrogen-bond donors (Lipinski definition) is 1. The van der Waals surface area contributed by atoms with Crippen LogP contribution in [0.15, 0.2) is 42.6 Å². The van der Waals surface area contributed by atoms with Crippen LogP contribution in [-0.4, -0.2) is 21.0 Å². The van der Waals surface area contributed by atoms with E-state index in [0.717, 1.165) is 21.6 Å². The molecule has 7 nitrogen and oxygen atoms in total. The van der Waals surface area contributed by atoms with E-state index in [4.69, 9.17) is 4.74 Å². The lowest BCUT2D eigenvalue weighted by molar-refractivity contribution is -0.384. The van der Waals surface area contributed by atoms with Gasteiger partial charge in [0.2, 0.25) is 5.01 Å². The van der Waals surface area contributed by atoms with Gasteiger partial charge in [-0.3, -0.25) is 10.1 Å². The summed E-state index contributed by atoms with van der Waals surface area (Å²) < 4.78 is 5.20. The Morgan fingerprint density at radius 3 is 2.38 bits per heavy atom. The van der Waals surface area contributed by atoms with Gasteiger partial charge < -0.3 is 9.84 Å². The lowest BCUT2D eigenvalue weighted by Gasteiger charge is -2.05. The number of rotatable bonds is 4. The van der Waals surface area contributed by atoms with Gasteiger partial charge in [0.05, 0.1) is 9.80 Å². The highest BCUT2D eigenvalue weighted by Crippen LogP contribution is 2.32. The molecule has 0 amide bonds. The van der Waals surface area contributed by atoms with Crippen molar-refractivity contribution in [2.45, 2.75) is 13.8 Å². The van der Waals surface area contributed by atoms with Gasteiger partial charge in [0, 0.05) is 18.3 Å². The number of aromatic nitrogens is 1. The van der Waals surface area contributed by atoms with Gasteiger partial charge >= 0.3 is 5.97 Å². The molecule has 1 aromatic heterocycles. The minimum Gasteiger partial charge on any atom is -0.507 e. The monoisotopic (exact) mass is 370 g/mol. The quantitative estimate of drug-likeness (QED) is 0.319. The number of aromatic hydroxyl groups is 1. The molecule has 0 aliphatic heterocycles. The summed E-state index contributed by atoms with van der Waals surface area (Å²) in [6.45, 7) is 3.60. The van der Waals surface area contributed by atoms with Crippen LogP contribution in [-0.2, 0) is 0 Å². The van der Waals surface area contributed by atoms with E-state index in [2.05, 4.69) is 4.98 Å². The first kappa shape index (κ1) is 17.6. The predicted molar refractivity (Wildman–Crippen MR) is 96.7 cm³/mol. The van der Waals surface area contributed by atoms with Crippen molar-refractivity contribution in [3.63, 3.8) is 0 Å². The summed E-state index contributed by atoms with van der Waals surface area (Å²) in [7, 11) is 0. The lowest BCUT2D eigenvalue weighted by Crippen LogP contribution is -2.07. The Morgan fingerprint density at radius 1 is 1.19 bits per heavy atom. The molecule has 3 aromatic rings. The maximum Gasteiger partial charge on any atom is 0.372 e. The molecular formula is C18H14N2O5S. The van der Waals surface area contributed by atoms with Gasteiger partial charge in [-0.25, -0.2) is 9.78 Å². The molecule has 132 valence electrons. The van der Waals surface area contributed by atoms with Gasteiger partial charge in [-0.1, -0.05) is 0 Å². The van der Waals surface area contributed by atoms with Crippen molar-refractivity contribution in [2.75, 3.05) is 0 Å². The number of thiazole rings is 1. The zero-order valence-corrected chi connectivity index (χ0v) is 14.7. The van der Waals surface area contributed by atoms with Gasteiger partial charge in [0.15, 0.2) is 0 Å². The SMILES string of the molecule is Cc1cc(-c2cnc(C(=O)Oc3ccc([N+](=O)[O-])cc3)s2)cc(C)c1O. The number of ether oxygens (including phenoxy) is 1. The van der Waals surface area contributed by atoms with Gasteiger partial charge in [-0.05, 0) is 54.8 Å².